The van der Waals surface area contributed by atoms with Gasteiger partial charge in [0.05, 0.1) is 11.6 Å². The molecule has 7 rings (SSSR count). The van der Waals surface area contributed by atoms with E-state index >= 15 is 0 Å². The van der Waals surface area contributed by atoms with Crippen LogP contribution in [0.4, 0.5) is 0 Å². The summed E-state index contributed by atoms with van der Waals surface area (Å²) in [6.45, 7) is 2.42. The van der Waals surface area contributed by atoms with Gasteiger partial charge in [-0.05, 0) is 85.0 Å². The van der Waals surface area contributed by atoms with E-state index in [0.29, 0.717) is 23.0 Å². The first-order valence-corrected chi connectivity index (χ1v) is 13.5. The Kier molecular flexibility index (Phi) is 5.22. The molecule has 4 aromatic rings. The van der Waals surface area contributed by atoms with Crippen LogP contribution in [0.3, 0.4) is 0 Å². The summed E-state index contributed by atoms with van der Waals surface area (Å²) in [5, 5.41) is 10.0. The van der Waals surface area contributed by atoms with Crippen molar-refractivity contribution in [3.05, 3.63) is 90.0 Å². The lowest BCUT2D eigenvalue weighted by atomic mass is 9.55. The lowest BCUT2D eigenvalue weighted by Crippen LogP contribution is -2.43. The molecule has 3 aliphatic rings. The van der Waals surface area contributed by atoms with Crippen LogP contribution in [-0.4, -0.2) is 15.0 Å². The highest BCUT2D eigenvalue weighted by Gasteiger charge is 2.58. The molecule has 4 nitrogen and oxygen atoms in total. The van der Waals surface area contributed by atoms with E-state index in [1.165, 1.54) is 37.7 Å². The largest absolute Gasteiger partial charge is 0.208 e. The van der Waals surface area contributed by atoms with Gasteiger partial charge in [0.15, 0.2) is 17.5 Å². The van der Waals surface area contributed by atoms with Crippen molar-refractivity contribution < 1.29 is 0 Å². The van der Waals surface area contributed by atoms with E-state index in [9.17, 15) is 5.26 Å². The average Bonchev–Trinajstić information content (AvgIpc) is 3.53. The number of nitriles is 1. The van der Waals surface area contributed by atoms with Crippen molar-refractivity contribution in [3.8, 4) is 40.2 Å². The minimum Gasteiger partial charge on any atom is -0.208 e. The molecule has 3 fully saturated rings. The smallest absolute Gasteiger partial charge is 0.164 e. The number of nitrogens with zero attached hydrogens (tertiary/aromatic N) is 4. The van der Waals surface area contributed by atoms with Crippen LogP contribution in [-0.2, 0) is 5.41 Å². The van der Waals surface area contributed by atoms with Gasteiger partial charge in [-0.2, -0.15) is 5.26 Å². The molecule has 0 N–H and O–H groups in total. The molecular weight excluding hydrogens is 452 g/mol. The highest BCUT2D eigenvalue weighted by atomic mass is 15.0. The van der Waals surface area contributed by atoms with E-state index in [1.54, 1.807) is 0 Å². The van der Waals surface area contributed by atoms with Gasteiger partial charge in [-0.25, -0.2) is 15.0 Å². The third kappa shape index (κ3) is 3.76. The maximum atomic E-state index is 10.0. The second kappa shape index (κ2) is 8.63. The van der Waals surface area contributed by atoms with Crippen LogP contribution in [0.1, 0.15) is 50.2 Å². The maximum absolute atomic E-state index is 10.0. The Morgan fingerprint density at radius 3 is 1.95 bits per heavy atom. The van der Waals surface area contributed by atoms with Crippen molar-refractivity contribution in [3.63, 3.8) is 0 Å². The molecule has 0 saturated heterocycles. The highest BCUT2D eigenvalue weighted by molar-refractivity contribution is 5.68. The molecule has 0 radical (unpaired) electrons. The second-order valence-electron chi connectivity index (χ2n) is 11.6. The van der Waals surface area contributed by atoms with Crippen LogP contribution in [0.2, 0.25) is 0 Å². The standard InChI is InChI=1S/C33H30N4/c1-21-12-26-13-22-16-29(26)33(18-21,19-22)28-15-23(20-34)14-27(17-28)32-36-30(24-8-4-2-5-9-24)35-31(37-32)25-10-6-3-7-11-25/h2-11,14-15,17,21-22,26,29H,12-13,16,18-19H2,1H3/t21?,22?,26-,29?,33?/m0/s1. The summed E-state index contributed by atoms with van der Waals surface area (Å²) in [6.07, 6.45) is 6.60. The monoisotopic (exact) mass is 482 g/mol. The first-order chi connectivity index (χ1) is 18.1. The summed E-state index contributed by atoms with van der Waals surface area (Å²) in [5.41, 5.74) is 5.03. The van der Waals surface area contributed by atoms with Crippen LogP contribution in [0.15, 0.2) is 78.9 Å². The molecule has 182 valence electrons. The van der Waals surface area contributed by atoms with Crippen molar-refractivity contribution >= 4 is 0 Å². The van der Waals surface area contributed by atoms with Gasteiger partial charge in [0.25, 0.3) is 0 Å². The molecule has 3 saturated carbocycles. The predicted octanol–water partition coefficient (Wildman–Crippen LogP) is 7.46. The van der Waals surface area contributed by atoms with Gasteiger partial charge in [-0.3, -0.25) is 0 Å². The summed E-state index contributed by atoms with van der Waals surface area (Å²) in [5.74, 6) is 5.07. The Morgan fingerprint density at radius 2 is 1.35 bits per heavy atom. The van der Waals surface area contributed by atoms with Crippen LogP contribution in [0.5, 0.6) is 0 Å². The Balaban J connectivity index is 1.40. The van der Waals surface area contributed by atoms with E-state index < -0.39 is 0 Å². The number of hydrogen-bond donors (Lipinski definition) is 0. The van der Waals surface area contributed by atoms with Crippen LogP contribution >= 0.6 is 0 Å². The second-order valence-corrected chi connectivity index (χ2v) is 11.6. The minimum atomic E-state index is 0.185. The predicted molar refractivity (Wildman–Crippen MR) is 145 cm³/mol. The third-order valence-corrected chi connectivity index (χ3v) is 9.17. The zero-order valence-corrected chi connectivity index (χ0v) is 21.1. The Morgan fingerprint density at radius 1 is 0.730 bits per heavy atom. The normalized spacial score (nSPS) is 27.7. The number of fused-ring (bicyclic) bond motifs is 1. The van der Waals surface area contributed by atoms with Gasteiger partial charge in [-0.1, -0.05) is 67.6 Å². The van der Waals surface area contributed by atoms with Gasteiger partial charge in [0.1, 0.15) is 0 Å². The fourth-order valence-corrected chi connectivity index (χ4v) is 7.96. The van der Waals surface area contributed by atoms with E-state index in [4.69, 9.17) is 15.0 Å². The molecule has 4 unspecified atom stereocenters. The summed E-state index contributed by atoms with van der Waals surface area (Å²) < 4.78 is 0. The number of hydrogen-bond acceptors (Lipinski definition) is 4. The SMILES string of the molecule is CC1C[C@H]2CC3CC2C(c2cc(C#N)cc(-c4nc(-c5ccccc5)nc(-c5ccccc5)n4)c2)(C1)C3. The van der Waals surface area contributed by atoms with Gasteiger partial charge < -0.3 is 0 Å². The van der Waals surface area contributed by atoms with Crippen LogP contribution in [0.25, 0.3) is 34.2 Å². The lowest BCUT2D eigenvalue weighted by Gasteiger charge is -2.49. The zero-order valence-electron chi connectivity index (χ0n) is 21.1. The van der Waals surface area contributed by atoms with Crippen molar-refractivity contribution in [2.45, 2.75) is 44.4 Å². The van der Waals surface area contributed by atoms with Gasteiger partial charge >= 0.3 is 0 Å². The number of rotatable bonds is 4. The Bertz CT molecular complexity index is 1450. The Hall–Kier alpha value is -3.84. The van der Waals surface area contributed by atoms with Crippen LogP contribution in [0, 0.1) is 35.0 Å². The molecule has 4 heteroatoms. The molecule has 3 aromatic carbocycles. The number of benzene rings is 3. The molecule has 37 heavy (non-hydrogen) atoms. The number of aromatic nitrogens is 3. The van der Waals surface area contributed by atoms with E-state index in [-0.39, 0.29) is 5.41 Å². The molecule has 1 aromatic heterocycles. The minimum absolute atomic E-state index is 0.185. The zero-order chi connectivity index (χ0) is 25.0. The first kappa shape index (κ1) is 22.4. The van der Waals surface area contributed by atoms with Gasteiger partial charge in [-0.15, -0.1) is 0 Å². The molecule has 0 aliphatic heterocycles. The first-order valence-electron chi connectivity index (χ1n) is 13.5. The molecule has 0 spiro atoms. The summed E-state index contributed by atoms with van der Waals surface area (Å²) in [4.78, 5) is 14.7. The fraction of sp³-hybridized carbons (Fsp3) is 0.333. The van der Waals surface area contributed by atoms with E-state index in [1.807, 2.05) is 66.7 Å². The molecule has 1 heterocycles. The van der Waals surface area contributed by atoms with Crippen LogP contribution < -0.4 is 0 Å². The molecule has 5 atom stereocenters. The summed E-state index contributed by atoms with van der Waals surface area (Å²) in [6, 6.07) is 29.0. The molecule has 3 aliphatic carbocycles. The average molecular weight is 483 g/mol. The lowest BCUT2D eigenvalue weighted by molar-refractivity contribution is 0.0855. The van der Waals surface area contributed by atoms with Gasteiger partial charge in [0.2, 0.25) is 0 Å². The topological polar surface area (TPSA) is 62.5 Å². The van der Waals surface area contributed by atoms with Crippen molar-refractivity contribution in [1.82, 2.24) is 15.0 Å². The van der Waals surface area contributed by atoms with Crippen molar-refractivity contribution in [2.75, 3.05) is 0 Å². The van der Waals surface area contributed by atoms with Gasteiger partial charge in [0, 0.05) is 16.7 Å². The third-order valence-electron chi connectivity index (χ3n) is 9.17. The summed E-state index contributed by atoms with van der Waals surface area (Å²) >= 11 is 0. The van der Waals surface area contributed by atoms with Crippen molar-refractivity contribution in [2.24, 2.45) is 23.7 Å². The molecular formula is C33H30N4. The van der Waals surface area contributed by atoms with Crippen molar-refractivity contribution in [1.29, 1.82) is 5.26 Å². The molecule has 0 amide bonds. The fourth-order valence-electron chi connectivity index (χ4n) is 7.96. The van der Waals surface area contributed by atoms with E-state index in [2.05, 4.69) is 25.1 Å². The highest BCUT2D eigenvalue weighted by Crippen LogP contribution is 2.66. The molecule has 2 bridgehead atoms. The summed E-state index contributed by atoms with van der Waals surface area (Å²) in [7, 11) is 0. The quantitative estimate of drug-likeness (QED) is 0.303. The maximum Gasteiger partial charge on any atom is 0.164 e. The Labute approximate surface area is 218 Å². The van der Waals surface area contributed by atoms with E-state index in [0.717, 1.165) is 40.4 Å².